The van der Waals surface area contributed by atoms with Gasteiger partial charge in [0, 0.05) is 22.5 Å². The molecule has 128 valence electrons. The van der Waals surface area contributed by atoms with Gasteiger partial charge in [-0.3, -0.25) is 0 Å². The second-order valence-corrected chi connectivity index (χ2v) is 7.36. The zero-order chi connectivity index (χ0) is 17.3. The molecular formula is C20H23Cl2NO. The summed E-state index contributed by atoms with van der Waals surface area (Å²) in [4.78, 5) is 0. The summed E-state index contributed by atoms with van der Waals surface area (Å²) in [5, 5.41) is 11.8. The molecule has 0 aromatic heterocycles. The van der Waals surface area contributed by atoms with Crippen LogP contribution >= 0.6 is 23.2 Å². The Kier molecular flexibility index (Phi) is 5.51. The van der Waals surface area contributed by atoms with E-state index in [0.29, 0.717) is 5.02 Å². The molecule has 0 saturated carbocycles. The Balaban J connectivity index is 2.16. The SMILES string of the molecule is CCCCCC1c2cc(Cl)ccc2-c2c(C(O)CN)cc(Cl)cc21. The Morgan fingerprint density at radius 1 is 1.08 bits per heavy atom. The van der Waals surface area contributed by atoms with E-state index < -0.39 is 6.10 Å². The maximum Gasteiger partial charge on any atom is 0.0918 e. The normalized spacial score (nSPS) is 16.8. The third kappa shape index (κ3) is 3.21. The summed E-state index contributed by atoms with van der Waals surface area (Å²) >= 11 is 12.6. The van der Waals surface area contributed by atoms with Crippen LogP contribution in [0.3, 0.4) is 0 Å². The predicted molar refractivity (Wildman–Crippen MR) is 102 cm³/mol. The van der Waals surface area contributed by atoms with Crippen molar-refractivity contribution in [2.24, 2.45) is 5.73 Å². The van der Waals surface area contributed by atoms with E-state index in [4.69, 9.17) is 28.9 Å². The first-order chi connectivity index (χ1) is 11.6. The average molecular weight is 364 g/mol. The first kappa shape index (κ1) is 17.8. The van der Waals surface area contributed by atoms with Gasteiger partial charge in [-0.05, 0) is 58.5 Å². The lowest BCUT2D eigenvalue weighted by Crippen LogP contribution is -2.13. The van der Waals surface area contributed by atoms with Crippen LogP contribution in [0.4, 0.5) is 0 Å². The number of aliphatic hydroxyl groups excluding tert-OH is 1. The van der Waals surface area contributed by atoms with Crippen LogP contribution in [0.1, 0.15) is 61.3 Å². The van der Waals surface area contributed by atoms with E-state index in [9.17, 15) is 5.11 Å². The lowest BCUT2D eigenvalue weighted by molar-refractivity contribution is 0.187. The number of aliphatic hydroxyl groups is 1. The van der Waals surface area contributed by atoms with Crippen LogP contribution < -0.4 is 5.73 Å². The fourth-order valence-electron chi connectivity index (χ4n) is 3.75. The van der Waals surface area contributed by atoms with Gasteiger partial charge in [-0.2, -0.15) is 0 Å². The highest BCUT2D eigenvalue weighted by atomic mass is 35.5. The number of benzene rings is 2. The van der Waals surface area contributed by atoms with E-state index in [1.54, 1.807) is 0 Å². The fraction of sp³-hybridized carbons (Fsp3) is 0.400. The molecule has 1 aliphatic rings. The van der Waals surface area contributed by atoms with Crippen LogP contribution in [-0.4, -0.2) is 11.7 Å². The van der Waals surface area contributed by atoms with Crippen molar-refractivity contribution in [3.05, 3.63) is 57.1 Å². The average Bonchev–Trinajstić information content (AvgIpc) is 2.86. The number of hydrogen-bond donors (Lipinski definition) is 2. The molecule has 0 radical (unpaired) electrons. The summed E-state index contributed by atoms with van der Waals surface area (Å²) in [5.74, 6) is 0.280. The van der Waals surface area contributed by atoms with Gasteiger partial charge in [0.1, 0.15) is 0 Å². The number of rotatable bonds is 6. The number of nitrogens with two attached hydrogens (primary N) is 1. The highest BCUT2D eigenvalue weighted by molar-refractivity contribution is 6.31. The zero-order valence-electron chi connectivity index (χ0n) is 13.9. The van der Waals surface area contributed by atoms with Crippen LogP contribution in [0.15, 0.2) is 30.3 Å². The predicted octanol–water partition coefficient (Wildman–Crippen LogP) is 5.68. The summed E-state index contributed by atoms with van der Waals surface area (Å²) < 4.78 is 0. The summed E-state index contributed by atoms with van der Waals surface area (Å²) in [6.45, 7) is 2.39. The zero-order valence-corrected chi connectivity index (χ0v) is 15.4. The second-order valence-electron chi connectivity index (χ2n) is 6.49. The van der Waals surface area contributed by atoms with Gasteiger partial charge in [-0.25, -0.2) is 0 Å². The molecule has 0 heterocycles. The van der Waals surface area contributed by atoms with E-state index in [1.165, 1.54) is 24.0 Å². The Bertz CT molecular complexity index is 745. The van der Waals surface area contributed by atoms with Crippen LogP contribution in [-0.2, 0) is 0 Å². The van der Waals surface area contributed by atoms with E-state index in [-0.39, 0.29) is 12.5 Å². The second kappa shape index (κ2) is 7.45. The number of unbranched alkanes of at least 4 members (excludes halogenated alkanes) is 2. The first-order valence-electron chi connectivity index (χ1n) is 8.58. The molecule has 0 bridgehead atoms. The molecule has 0 fully saturated rings. The van der Waals surface area contributed by atoms with Gasteiger partial charge < -0.3 is 10.8 Å². The van der Waals surface area contributed by atoms with E-state index >= 15 is 0 Å². The molecule has 2 aromatic carbocycles. The molecule has 24 heavy (non-hydrogen) atoms. The molecule has 2 nitrogen and oxygen atoms in total. The minimum absolute atomic E-state index is 0.177. The van der Waals surface area contributed by atoms with Crippen LogP contribution in [0.25, 0.3) is 11.1 Å². The lowest BCUT2D eigenvalue weighted by Gasteiger charge is -2.17. The molecule has 4 heteroatoms. The van der Waals surface area contributed by atoms with E-state index in [2.05, 4.69) is 19.1 Å². The van der Waals surface area contributed by atoms with Crippen molar-refractivity contribution < 1.29 is 5.11 Å². The minimum Gasteiger partial charge on any atom is -0.387 e. The standard InChI is InChI=1S/C20H23Cl2NO/c1-2-3-4-5-14-16-8-12(21)6-7-15(16)20-17(14)9-13(22)10-18(20)19(24)11-23/h6-10,14,19,24H,2-5,11,23H2,1H3. The third-order valence-electron chi connectivity index (χ3n) is 4.88. The fourth-order valence-corrected chi connectivity index (χ4v) is 4.17. The molecule has 0 saturated heterocycles. The molecule has 3 N–H and O–H groups in total. The van der Waals surface area contributed by atoms with Gasteiger partial charge in [-0.1, -0.05) is 55.5 Å². The van der Waals surface area contributed by atoms with Crippen LogP contribution in [0, 0.1) is 0 Å². The highest BCUT2D eigenvalue weighted by Gasteiger charge is 2.32. The molecule has 0 amide bonds. The minimum atomic E-state index is -0.713. The van der Waals surface area contributed by atoms with Gasteiger partial charge in [0.05, 0.1) is 6.10 Å². The quantitative estimate of drug-likeness (QED) is 0.648. The molecule has 1 aliphatic carbocycles. The smallest absolute Gasteiger partial charge is 0.0918 e. The Labute approximate surface area is 153 Å². The summed E-state index contributed by atoms with van der Waals surface area (Å²) in [6, 6.07) is 9.89. The topological polar surface area (TPSA) is 46.2 Å². The van der Waals surface area contributed by atoms with Crippen LogP contribution in [0.5, 0.6) is 0 Å². The monoisotopic (exact) mass is 363 g/mol. The summed E-state index contributed by atoms with van der Waals surface area (Å²) in [7, 11) is 0. The number of fused-ring (bicyclic) bond motifs is 3. The van der Waals surface area contributed by atoms with Crippen molar-refractivity contribution in [1.82, 2.24) is 0 Å². The van der Waals surface area contributed by atoms with Gasteiger partial charge >= 0.3 is 0 Å². The third-order valence-corrected chi connectivity index (χ3v) is 5.33. The van der Waals surface area contributed by atoms with Gasteiger partial charge in [0.15, 0.2) is 0 Å². The van der Waals surface area contributed by atoms with E-state index in [1.807, 2.05) is 18.2 Å². The molecule has 0 aliphatic heterocycles. The highest BCUT2D eigenvalue weighted by Crippen LogP contribution is 2.51. The Hall–Kier alpha value is -1.06. The molecule has 2 aromatic rings. The van der Waals surface area contributed by atoms with E-state index in [0.717, 1.165) is 34.6 Å². The maximum absolute atomic E-state index is 10.4. The van der Waals surface area contributed by atoms with Crippen molar-refractivity contribution in [2.75, 3.05) is 6.54 Å². The van der Waals surface area contributed by atoms with Gasteiger partial charge in [0.25, 0.3) is 0 Å². The van der Waals surface area contributed by atoms with Gasteiger partial charge in [0.2, 0.25) is 0 Å². The maximum atomic E-state index is 10.4. The molecule has 2 unspecified atom stereocenters. The van der Waals surface area contributed by atoms with Crippen molar-refractivity contribution >= 4 is 23.2 Å². The van der Waals surface area contributed by atoms with Crippen molar-refractivity contribution in [1.29, 1.82) is 0 Å². The first-order valence-corrected chi connectivity index (χ1v) is 9.33. The van der Waals surface area contributed by atoms with Crippen LogP contribution in [0.2, 0.25) is 10.0 Å². The number of halogens is 2. The summed E-state index contributed by atoms with van der Waals surface area (Å²) in [5.41, 5.74) is 11.2. The van der Waals surface area contributed by atoms with Crippen molar-refractivity contribution in [2.45, 2.75) is 44.6 Å². The van der Waals surface area contributed by atoms with Crippen molar-refractivity contribution in [3.8, 4) is 11.1 Å². The largest absolute Gasteiger partial charge is 0.387 e. The molecule has 0 spiro atoms. The molecule has 3 rings (SSSR count). The Morgan fingerprint density at radius 3 is 2.54 bits per heavy atom. The lowest BCUT2D eigenvalue weighted by atomic mass is 9.90. The number of hydrogen-bond acceptors (Lipinski definition) is 2. The Morgan fingerprint density at radius 2 is 1.83 bits per heavy atom. The molecular weight excluding hydrogens is 341 g/mol. The van der Waals surface area contributed by atoms with Gasteiger partial charge in [-0.15, -0.1) is 0 Å². The molecule has 2 atom stereocenters. The summed E-state index contributed by atoms with van der Waals surface area (Å²) in [6.07, 6.45) is 3.91. The van der Waals surface area contributed by atoms with Crippen molar-refractivity contribution in [3.63, 3.8) is 0 Å².